The number of benzene rings is 1. The zero-order chi connectivity index (χ0) is 22.1. The van der Waals surface area contributed by atoms with Crippen molar-refractivity contribution in [1.82, 2.24) is 15.0 Å². The lowest BCUT2D eigenvalue weighted by Gasteiger charge is -2.21. The SMILES string of the molecule is Cc1nc(C)c(-c2csc(Nc3ccc(C4=NOC(C)(Cc5ccccc5)C4)cn3)n2)s1. The third kappa shape index (κ3) is 4.42. The lowest BCUT2D eigenvalue weighted by atomic mass is 9.90. The van der Waals surface area contributed by atoms with Crippen LogP contribution in [0.3, 0.4) is 0 Å². The number of nitrogens with one attached hydrogen (secondary N) is 1. The van der Waals surface area contributed by atoms with Gasteiger partial charge >= 0.3 is 0 Å². The van der Waals surface area contributed by atoms with Gasteiger partial charge < -0.3 is 10.2 Å². The van der Waals surface area contributed by atoms with Gasteiger partial charge in [0, 0.05) is 30.0 Å². The van der Waals surface area contributed by atoms with Crippen LogP contribution in [0.1, 0.15) is 35.2 Å². The summed E-state index contributed by atoms with van der Waals surface area (Å²) in [5, 5.41) is 11.6. The first-order valence-corrected chi connectivity index (χ1v) is 12.1. The smallest absolute Gasteiger partial charge is 0.188 e. The summed E-state index contributed by atoms with van der Waals surface area (Å²) in [6.45, 7) is 6.14. The third-order valence-electron chi connectivity index (χ3n) is 5.31. The highest BCUT2D eigenvalue weighted by atomic mass is 32.1. The summed E-state index contributed by atoms with van der Waals surface area (Å²) in [6.07, 6.45) is 3.41. The monoisotopic (exact) mass is 461 g/mol. The van der Waals surface area contributed by atoms with Gasteiger partial charge in [-0.3, -0.25) is 0 Å². The molecule has 3 aromatic heterocycles. The molecule has 1 N–H and O–H groups in total. The van der Waals surface area contributed by atoms with Crippen LogP contribution >= 0.6 is 22.7 Å². The second kappa shape index (κ2) is 8.44. The van der Waals surface area contributed by atoms with Crippen LogP contribution in [0, 0.1) is 13.8 Å². The molecule has 1 atom stereocenters. The van der Waals surface area contributed by atoms with Gasteiger partial charge in [0.1, 0.15) is 11.4 Å². The normalized spacial score (nSPS) is 17.8. The fourth-order valence-corrected chi connectivity index (χ4v) is 5.48. The summed E-state index contributed by atoms with van der Waals surface area (Å²) in [5.74, 6) is 0.749. The summed E-state index contributed by atoms with van der Waals surface area (Å²) in [7, 11) is 0. The van der Waals surface area contributed by atoms with E-state index >= 15 is 0 Å². The zero-order valence-electron chi connectivity index (χ0n) is 18.1. The van der Waals surface area contributed by atoms with Crippen molar-refractivity contribution >= 4 is 39.3 Å². The van der Waals surface area contributed by atoms with Gasteiger partial charge in [-0.25, -0.2) is 15.0 Å². The quantitative estimate of drug-likeness (QED) is 0.373. The number of rotatable bonds is 6. The van der Waals surface area contributed by atoms with Gasteiger partial charge in [0.25, 0.3) is 0 Å². The number of aryl methyl sites for hydroxylation is 2. The second-order valence-corrected chi connectivity index (χ2v) is 10.2. The van der Waals surface area contributed by atoms with Crippen molar-refractivity contribution in [3.63, 3.8) is 0 Å². The van der Waals surface area contributed by atoms with Gasteiger partial charge in [0.05, 0.1) is 27.0 Å². The highest BCUT2D eigenvalue weighted by molar-refractivity contribution is 7.16. The number of aromatic nitrogens is 3. The Morgan fingerprint density at radius 1 is 1.09 bits per heavy atom. The lowest BCUT2D eigenvalue weighted by molar-refractivity contribution is -0.00282. The summed E-state index contributed by atoms with van der Waals surface area (Å²) >= 11 is 3.23. The average Bonchev–Trinajstić information content (AvgIpc) is 3.48. The predicted octanol–water partition coefficient (Wildman–Crippen LogP) is 6.15. The molecule has 0 aliphatic carbocycles. The van der Waals surface area contributed by atoms with E-state index in [0.29, 0.717) is 0 Å². The van der Waals surface area contributed by atoms with Crippen molar-refractivity contribution in [3.05, 3.63) is 75.9 Å². The minimum absolute atomic E-state index is 0.335. The molecule has 162 valence electrons. The Kier molecular flexibility index (Phi) is 5.48. The van der Waals surface area contributed by atoms with Crippen molar-refractivity contribution < 1.29 is 4.84 Å². The number of hydrogen-bond acceptors (Lipinski definition) is 8. The molecular formula is C24H23N5OS2. The van der Waals surface area contributed by atoms with Crippen molar-refractivity contribution in [1.29, 1.82) is 0 Å². The highest BCUT2D eigenvalue weighted by Gasteiger charge is 2.35. The number of thiazole rings is 2. The van der Waals surface area contributed by atoms with Crippen LogP contribution in [-0.4, -0.2) is 26.3 Å². The molecule has 1 aromatic carbocycles. The third-order valence-corrected chi connectivity index (χ3v) is 7.16. The van der Waals surface area contributed by atoms with E-state index in [1.807, 2.05) is 38.2 Å². The fourth-order valence-electron chi connectivity index (χ4n) is 3.81. The van der Waals surface area contributed by atoms with Crippen LogP contribution in [0.15, 0.2) is 59.2 Å². The largest absolute Gasteiger partial charge is 0.388 e. The summed E-state index contributed by atoms with van der Waals surface area (Å²) in [5.41, 5.74) is 4.78. The van der Waals surface area contributed by atoms with Crippen LogP contribution in [0.25, 0.3) is 10.6 Å². The Hall–Kier alpha value is -3.10. The van der Waals surface area contributed by atoms with E-state index in [2.05, 4.69) is 57.0 Å². The van der Waals surface area contributed by atoms with Crippen LogP contribution in [0.2, 0.25) is 0 Å². The fraction of sp³-hybridized carbons (Fsp3) is 0.250. The van der Waals surface area contributed by atoms with Gasteiger partial charge in [-0.2, -0.15) is 0 Å². The van der Waals surface area contributed by atoms with E-state index < -0.39 is 0 Å². The zero-order valence-corrected chi connectivity index (χ0v) is 19.8. The van der Waals surface area contributed by atoms with Gasteiger partial charge in [0.2, 0.25) is 0 Å². The van der Waals surface area contributed by atoms with Crippen LogP contribution < -0.4 is 5.32 Å². The molecule has 1 aliphatic rings. The minimum atomic E-state index is -0.335. The lowest BCUT2D eigenvalue weighted by Crippen LogP contribution is -2.27. The van der Waals surface area contributed by atoms with E-state index in [9.17, 15) is 0 Å². The van der Waals surface area contributed by atoms with Crippen molar-refractivity contribution in [2.75, 3.05) is 5.32 Å². The number of nitrogens with zero attached hydrogens (tertiary/aromatic N) is 4. The summed E-state index contributed by atoms with van der Waals surface area (Å²) < 4.78 is 0. The summed E-state index contributed by atoms with van der Waals surface area (Å²) in [6, 6.07) is 14.3. The first kappa shape index (κ1) is 20.8. The molecule has 8 heteroatoms. The molecule has 4 heterocycles. The molecule has 0 spiro atoms. The number of hydrogen-bond donors (Lipinski definition) is 1. The number of pyridine rings is 1. The topological polar surface area (TPSA) is 72.3 Å². The number of anilines is 2. The van der Waals surface area contributed by atoms with E-state index in [4.69, 9.17) is 9.82 Å². The summed E-state index contributed by atoms with van der Waals surface area (Å²) in [4.78, 5) is 20.7. The Balaban J connectivity index is 1.24. The van der Waals surface area contributed by atoms with Crippen LogP contribution in [-0.2, 0) is 11.3 Å². The average molecular weight is 462 g/mol. The standard InChI is InChI=1S/C24H23N5OS2/c1-15-22(32-16(2)26-15)20-14-31-23(27-20)28-21-10-9-18(13-25-21)19-12-24(3,30-29-19)11-17-7-5-4-6-8-17/h4-10,13-14H,11-12H2,1-3H3,(H,25,27,28). The molecule has 4 aromatic rings. The van der Waals surface area contributed by atoms with Gasteiger partial charge in [-0.05, 0) is 38.5 Å². The van der Waals surface area contributed by atoms with E-state index in [0.717, 1.165) is 56.3 Å². The van der Waals surface area contributed by atoms with E-state index in [1.54, 1.807) is 22.7 Å². The Labute approximate surface area is 195 Å². The molecule has 0 amide bonds. The van der Waals surface area contributed by atoms with Gasteiger partial charge in [0.15, 0.2) is 5.13 Å². The molecule has 1 aliphatic heterocycles. The molecule has 1 unspecified atom stereocenters. The molecule has 5 rings (SSSR count). The molecule has 0 radical (unpaired) electrons. The first-order chi connectivity index (χ1) is 15.5. The van der Waals surface area contributed by atoms with Crippen molar-refractivity contribution in [2.24, 2.45) is 5.16 Å². The van der Waals surface area contributed by atoms with Gasteiger partial charge in [-0.15, -0.1) is 22.7 Å². The van der Waals surface area contributed by atoms with Crippen LogP contribution in [0.4, 0.5) is 10.9 Å². The molecule has 0 bridgehead atoms. The van der Waals surface area contributed by atoms with Crippen molar-refractivity contribution in [3.8, 4) is 10.6 Å². The Morgan fingerprint density at radius 2 is 1.94 bits per heavy atom. The van der Waals surface area contributed by atoms with Gasteiger partial charge in [-0.1, -0.05) is 35.5 Å². The molecule has 0 saturated heterocycles. The first-order valence-electron chi connectivity index (χ1n) is 10.4. The molecular weight excluding hydrogens is 438 g/mol. The number of oxime groups is 1. The molecule has 6 nitrogen and oxygen atoms in total. The predicted molar refractivity (Wildman–Crippen MR) is 131 cm³/mol. The maximum Gasteiger partial charge on any atom is 0.188 e. The van der Waals surface area contributed by atoms with Crippen LogP contribution in [0.5, 0.6) is 0 Å². The van der Waals surface area contributed by atoms with Crippen molar-refractivity contribution in [2.45, 2.75) is 39.2 Å². The van der Waals surface area contributed by atoms with E-state index in [-0.39, 0.29) is 5.60 Å². The maximum atomic E-state index is 5.83. The van der Waals surface area contributed by atoms with E-state index in [1.165, 1.54) is 5.56 Å². The molecule has 0 saturated carbocycles. The Bertz CT molecular complexity index is 1260. The molecule has 0 fully saturated rings. The second-order valence-electron chi connectivity index (χ2n) is 8.16. The Morgan fingerprint density at radius 3 is 2.66 bits per heavy atom. The molecule has 32 heavy (non-hydrogen) atoms. The maximum absolute atomic E-state index is 5.83. The minimum Gasteiger partial charge on any atom is -0.388 e. The highest BCUT2D eigenvalue weighted by Crippen LogP contribution is 2.33.